The summed E-state index contributed by atoms with van der Waals surface area (Å²) in [6.45, 7) is 5.46. The van der Waals surface area contributed by atoms with E-state index in [0.717, 1.165) is 21.4 Å². The summed E-state index contributed by atoms with van der Waals surface area (Å²) in [5, 5.41) is 8.41. The lowest BCUT2D eigenvalue weighted by Crippen LogP contribution is -2.29. The largest absolute Gasteiger partial charge is 0.336 e. The fourth-order valence-electron chi connectivity index (χ4n) is 2.12. The molecule has 0 fully saturated rings. The van der Waals surface area contributed by atoms with E-state index >= 15 is 0 Å². The van der Waals surface area contributed by atoms with Gasteiger partial charge in [0.2, 0.25) is 0 Å². The summed E-state index contributed by atoms with van der Waals surface area (Å²) in [6, 6.07) is 0. The minimum absolute atomic E-state index is 0.0296. The Morgan fingerprint density at radius 3 is 2.60 bits per heavy atom. The van der Waals surface area contributed by atoms with Gasteiger partial charge in [0.05, 0.1) is 16.0 Å². The predicted molar refractivity (Wildman–Crippen MR) is 84.4 cm³/mol. The summed E-state index contributed by atoms with van der Waals surface area (Å²) in [7, 11) is 3.58. The number of hydrogen-bond acceptors (Lipinski definition) is 3. The van der Waals surface area contributed by atoms with Crippen LogP contribution in [0.2, 0.25) is 0 Å². The van der Waals surface area contributed by atoms with E-state index in [-0.39, 0.29) is 5.91 Å². The molecule has 0 aliphatic carbocycles. The molecule has 0 N–H and O–H groups in total. The van der Waals surface area contributed by atoms with Gasteiger partial charge in [-0.25, -0.2) is 0 Å². The number of nitrogens with zero attached hydrogens (tertiary/aromatic N) is 5. The Labute approximate surface area is 131 Å². The smallest absolute Gasteiger partial charge is 0.273 e. The zero-order valence-electron chi connectivity index (χ0n) is 12.1. The molecule has 2 aromatic heterocycles. The molecule has 1 amide bonds. The van der Waals surface area contributed by atoms with Crippen LogP contribution in [0.3, 0.4) is 0 Å². The van der Waals surface area contributed by atoms with Crippen molar-refractivity contribution in [2.45, 2.75) is 26.9 Å². The second-order valence-electron chi connectivity index (χ2n) is 4.70. The van der Waals surface area contributed by atoms with Gasteiger partial charge in [-0.1, -0.05) is 0 Å². The van der Waals surface area contributed by atoms with E-state index in [2.05, 4.69) is 39.7 Å². The number of amides is 1. The summed E-state index contributed by atoms with van der Waals surface area (Å²) in [5.41, 5.74) is 2.79. The molecule has 0 radical (unpaired) electrons. The fraction of sp³-hybridized carbons (Fsp3) is 0.462. The zero-order chi connectivity index (χ0) is 14.9. The third kappa shape index (κ3) is 2.72. The Balaban J connectivity index is 2.18. The van der Waals surface area contributed by atoms with Crippen LogP contribution in [-0.2, 0) is 20.1 Å². The first-order valence-electron chi connectivity index (χ1n) is 6.40. The van der Waals surface area contributed by atoms with Gasteiger partial charge in [0.15, 0.2) is 0 Å². The SMILES string of the molecule is CCn1ncc(CN(C)C(=O)c2c(I)cnn2C)c1C. The number of rotatable bonds is 4. The second kappa shape index (κ2) is 5.94. The van der Waals surface area contributed by atoms with Crippen LogP contribution in [0.4, 0.5) is 0 Å². The quantitative estimate of drug-likeness (QED) is 0.753. The lowest BCUT2D eigenvalue weighted by molar-refractivity contribution is 0.0773. The Bertz CT molecular complexity index is 611. The first kappa shape index (κ1) is 15.0. The molecule has 0 bridgehead atoms. The predicted octanol–water partition coefficient (Wildman–Crippen LogP) is 1.82. The number of carbonyl (C=O) groups excluding carboxylic acids is 1. The molecule has 0 aliphatic heterocycles. The second-order valence-corrected chi connectivity index (χ2v) is 5.86. The van der Waals surface area contributed by atoms with E-state index in [9.17, 15) is 4.79 Å². The van der Waals surface area contributed by atoms with Crippen molar-refractivity contribution in [1.29, 1.82) is 0 Å². The molecule has 2 rings (SSSR count). The van der Waals surface area contributed by atoms with E-state index in [1.165, 1.54) is 0 Å². The van der Waals surface area contributed by atoms with Crippen molar-refractivity contribution in [1.82, 2.24) is 24.5 Å². The van der Waals surface area contributed by atoms with Crippen LogP contribution >= 0.6 is 22.6 Å². The highest BCUT2D eigenvalue weighted by atomic mass is 127. The van der Waals surface area contributed by atoms with Gasteiger partial charge in [-0.3, -0.25) is 14.2 Å². The molecule has 2 aromatic rings. The number of halogens is 1. The minimum atomic E-state index is -0.0296. The highest BCUT2D eigenvalue weighted by molar-refractivity contribution is 14.1. The van der Waals surface area contributed by atoms with E-state index in [0.29, 0.717) is 12.2 Å². The van der Waals surface area contributed by atoms with E-state index in [4.69, 9.17) is 0 Å². The fourth-order valence-corrected chi connectivity index (χ4v) is 2.82. The van der Waals surface area contributed by atoms with Crippen LogP contribution in [0, 0.1) is 10.5 Å². The highest BCUT2D eigenvalue weighted by Gasteiger charge is 2.20. The molecular weight excluding hydrogens is 369 g/mol. The summed E-state index contributed by atoms with van der Waals surface area (Å²) in [5.74, 6) is -0.0296. The van der Waals surface area contributed by atoms with Gasteiger partial charge in [-0.05, 0) is 36.4 Å². The first-order valence-corrected chi connectivity index (χ1v) is 7.47. The van der Waals surface area contributed by atoms with Gasteiger partial charge in [-0.15, -0.1) is 0 Å². The summed E-state index contributed by atoms with van der Waals surface area (Å²) in [6.07, 6.45) is 3.53. The van der Waals surface area contributed by atoms with Crippen molar-refractivity contribution in [2.24, 2.45) is 7.05 Å². The Morgan fingerprint density at radius 2 is 2.10 bits per heavy atom. The molecule has 0 unspecified atom stereocenters. The van der Waals surface area contributed by atoms with Crippen LogP contribution in [0.25, 0.3) is 0 Å². The molecule has 108 valence electrons. The number of aromatic nitrogens is 4. The van der Waals surface area contributed by atoms with Crippen LogP contribution in [0.5, 0.6) is 0 Å². The molecule has 20 heavy (non-hydrogen) atoms. The molecule has 0 atom stereocenters. The molecular formula is C13H18IN5O. The maximum Gasteiger partial charge on any atom is 0.273 e. The minimum Gasteiger partial charge on any atom is -0.336 e. The normalized spacial score (nSPS) is 10.8. The summed E-state index contributed by atoms with van der Waals surface area (Å²) >= 11 is 2.13. The third-order valence-corrected chi connectivity index (χ3v) is 4.14. The van der Waals surface area contributed by atoms with E-state index in [1.54, 1.807) is 29.9 Å². The number of carbonyl (C=O) groups is 1. The van der Waals surface area contributed by atoms with Gasteiger partial charge in [0, 0.05) is 38.4 Å². The standard InChI is InChI=1S/C13H18IN5O/c1-5-19-9(2)10(6-16-19)8-17(3)13(20)12-11(14)7-15-18(12)4/h6-7H,5,8H2,1-4H3. The average molecular weight is 387 g/mol. The van der Waals surface area contributed by atoms with Gasteiger partial charge in [-0.2, -0.15) is 10.2 Å². The average Bonchev–Trinajstić information content (AvgIpc) is 2.93. The van der Waals surface area contributed by atoms with Crippen molar-refractivity contribution < 1.29 is 4.79 Å². The Hall–Kier alpha value is -1.38. The molecule has 0 aliphatic rings. The monoisotopic (exact) mass is 387 g/mol. The van der Waals surface area contributed by atoms with Crippen molar-refractivity contribution in [3.8, 4) is 0 Å². The van der Waals surface area contributed by atoms with E-state index < -0.39 is 0 Å². The molecule has 2 heterocycles. The van der Waals surface area contributed by atoms with Gasteiger partial charge in [0.1, 0.15) is 5.69 Å². The van der Waals surface area contributed by atoms with Crippen LogP contribution in [0.15, 0.2) is 12.4 Å². The van der Waals surface area contributed by atoms with Crippen molar-refractivity contribution in [2.75, 3.05) is 7.05 Å². The third-order valence-electron chi connectivity index (χ3n) is 3.36. The molecule has 0 saturated heterocycles. The Kier molecular flexibility index (Phi) is 4.46. The highest BCUT2D eigenvalue weighted by Crippen LogP contribution is 2.15. The lowest BCUT2D eigenvalue weighted by Gasteiger charge is -2.17. The van der Waals surface area contributed by atoms with Gasteiger partial charge in [0.25, 0.3) is 5.91 Å². The maximum absolute atomic E-state index is 12.5. The summed E-state index contributed by atoms with van der Waals surface area (Å²) < 4.78 is 4.41. The lowest BCUT2D eigenvalue weighted by atomic mass is 10.2. The zero-order valence-corrected chi connectivity index (χ0v) is 14.2. The Morgan fingerprint density at radius 1 is 1.40 bits per heavy atom. The molecule has 7 heteroatoms. The molecule has 0 spiro atoms. The summed E-state index contributed by atoms with van der Waals surface area (Å²) in [4.78, 5) is 14.2. The first-order chi connectivity index (χ1) is 9.45. The van der Waals surface area contributed by atoms with Gasteiger partial charge >= 0.3 is 0 Å². The van der Waals surface area contributed by atoms with E-state index in [1.807, 2.05) is 17.8 Å². The topological polar surface area (TPSA) is 56.0 Å². The maximum atomic E-state index is 12.5. The van der Waals surface area contributed by atoms with Crippen LogP contribution < -0.4 is 0 Å². The number of aryl methyl sites for hydroxylation is 2. The van der Waals surface area contributed by atoms with Crippen LogP contribution in [-0.4, -0.2) is 37.4 Å². The van der Waals surface area contributed by atoms with Crippen molar-refractivity contribution in [3.63, 3.8) is 0 Å². The molecule has 6 nitrogen and oxygen atoms in total. The molecule has 0 aromatic carbocycles. The van der Waals surface area contributed by atoms with Crippen LogP contribution in [0.1, 0.15) is 28.7 Å². The number of hydrogen-bond donors (Lipinski definition) is 0. The van der Waals surface area contributed by atoms with Crippen molar-refractivity contribution in [3.05, 3.63) is 32.9 Å². The van der Waals surface area contributed by atoms with Gasteiger partial charge < -0.3 is 4.90 Å². The molecule has 0 saturated carbocycles. The van der Waals surface area contributed by atoms with Crippen molar-refractivity contribution >= 4 is 28.5 Å².